The van der Waals surface area contributed by atoms with Gasteiger partial charge in [0.25, 0.3) is 5.91 Å². The highest BCUT2D eigenvalue weighted by molar-refractivity contribution is 5.82. The monoisotopic (exact) mass is 323 g/mol. The molecule has 1 N–H and O–H groups in total. The quantitative estimate of drug-likeness (QED) is 0.810. The summed E-state index contributed by atoms with van der Waals surface area (Å²) in [7, 11) is 3.24. The van der Waals surface area contributed by atoms with Gasteiger partial charge in [-0.1, -0.05) is 0 Å². The van der Waals surface area contributed by atoms with Gasteiger partial charge in [-0.2, -0.15) is 0 Å². The zero-order chi connectivity index (χ0) is 16.8. The van der Waals surface area contributed by atoms with Crippen LogP contribution in [0.2, 0.25) is 0 Å². The third kappa shape index (κ3) is 4.59. The third-order valence-electron chi connectivity index (χ3n) is 3.70. The number of rotatable bonds is 7. The number of hydrogen-bond acceptors (Lipinski definition) is 5. The average molecular weight is 323 g/mol. The van der Waals surface area contributed by atoms with Gasteiger partial charge < -0.3 is 24.2 Å². The van der Waals surface area contributed by atoms with E-state index in [2.05, 4.69) is 0 Å². The lowest BCUT2D eigenvalue weighted by molar-refractivity contribution is -0.154. The molecule has 1 aromatic rings. The lowest BCUT2D eigenvalue weighted by atomic mass is 10.2. The summed E-state index contributed by atoms with van der Waals surface area (Å²) in [5, 5.41) is 8.88. The van der Waals surface area contributed by atoms with Gasteiger partial charge >= 0.3 is 5.97 Å². The zero-order valence-electron chi connectivity index (χ0n) is 13.2. The fourth-order valence-corrected chi connectivity index (χ4v) is 2.33. The Hall–Kier alpha value is -2.28. The van der Waals surface area contributed by atoms with Crippen LogP contribution in [-0.4, -0.2) is 61.4 Å². The van der Waals surface area contributed by atoms with Crippen LogP contribution in [0.4, 0.5) is 0 Å². The van der Waals surface area contributed by atoms with E-state index in [1.165, 1.54) is 4.90 Å². The molecule has 1 aromatic carbocycles. The predicted octanol–water partition coefficient (Wildman–Crippen LogP) is 1.16. The highest BCUT2D eigenvalue weighted by atomic mass is 16.5. The molecule has 2 atom stereocenters. The minimum atomic E-state index is -1.02. The molecule has 1 aliphatic heterocycles. The first-order valence-corrected chi connectivity index (χ1v) is 7.41. The standard InChI is InChI=1S/C16H21NO6/c1-17(15(18)13-7-8-14(23-13)16(19)20)9-10-22-12-5-3-11(21-2)4-6-12/h3-6,13-14H,7-10H2,1-2H3,(H,19,20)/t13-,14+/m0/s1. The molecule has 0 saturated carbocycles. The maximum atomic E-state index is 12.2. The van der Waals surface area contributed by atoms with Crippen LogP contribution in [0.25, 0.3) is 0 Å². The Balaban J connectivity index is 1.74. The predicted molar refractivity (Wildman–Crippen MR) is 81.7 cm³/mol. The van der Waals surface area contributed by atoms with Crippen molar-refractivity contribution in [3.63, 3.8) is 0 Å². The summed E-state index contributed by atoms with van der Waals surface area (Å²) in [5.41, 5.74) is 0. The summed E-state index contributed by atoms with van der Waals surface area (Å²) >= 11 is 0. The van der Waals surface area contributed by atoms with E-state index in [4.69, 9.17) is 19.3 Å². The maximum absolute atomic E-state index is 12.2. The minimum Gasteiger partial charge on any atom is -0.497 e. The molecule has 1 aliphatic rings. The van der Waals surface area contributed by atoms with Crippen molar-refractivity contribution in [3.8, 4) is 11.5 Å². The number of amides is 1. The molecule has 7 nitrogen and oxygen atoms in total. The van der Waals surface area contributed by atoms with Gasteiger partial charge in [-0.05, 0) is 37.1 Å². The van der Waals surface area contributed by atoms with Crippen molar-refractivity contribution < 1.29 is 28.9 Å². The molecule has 0 aromatic heterocycles. The summed E-state index contributed by atoms with van der Waals surface area (Å²) in [6.07, 6.45) is -0.767. The number of carboxylic acid groups (broad SMARTS) is 1. The fourth-order valence-electron chi connectivity index (χ4n) is 2.33. The molecule has 126 valence electrons. The van der Waals surface area contributed by atoms with Crippen molar-refractivity contribution in [1.29, 1.82) is 0 Å². The van der Waals surface area contributed by atoms with Crippen molar-refractivity contribution in [3.05, 3.63) is 24.3 Å². The zero-order valence-corrected chi connectivity index (χ0v) is 13.2. The summed E-state index contributed by atoms with van der Waals surface area (Å²) in [6, 6.07) is 7.17. The third-order valence-corrected chi connectivity index (χ3v) is 3.70. The SMILES string of the molecule is COc1ccc(OCCN(C)C(=O)[C@@H]2CC[C@H](C(=O)O)O2)cc1. The number of nitrogens with zero attached hydrogens (tertiary/aromatic N) is 1. The van der Waals surface area contributed by atoms with Crippen LogP contribution in [0.5, 0.6) is 11.5 Å². The van der Waals surface area contributed by atoms with E-state index >= 15 is 0 Å². The fraction of sp³-hybridized carbons (Fsp3) is 0.500. The number of hydrogen-bond donors (Lipinski definition) is 1. The van der Waals surface area contributed by atoms with Crippen LogP contribution in [0.15, 0.2) is 24.3 Å². The second-order valence-corrected chi connectivity index (χ2v) is 5.31. The van der Waals surface area contributed by atoms with Crippen molar-refractivity contribution >= 4 is 11.9 Å². The summed E-state index contributed by atoms with van der Waals surface area (Å²) in [4.78, 5) is 24.5. The molecule has 1 fully saturated rings. The summed E-state index contributed by atoms with van der Waals surface area (Å²) in [5.74, 6) is 0.198. The van der Waals surface area contributed by atoms with Crippen molar-refractivity contribution in [1.82, 2.24) is 4.90 Å². The average Bonchev–Trinajstić information content (AvgIpc) is 3.05. The van der Waals surface area contributed by atoms with Gasteiger partial charge in [0.05, 0.1) is 13.7 Å². The van der Waals surface area contributed by atoms with Crippen molar-refractivity contribution in [2.24, 2.45) is 0 Å². The molecule has 7 heteroatoms. The number of methoxy groups -OCH3 is 1. The molecule has 1 heterocycles. The first-order valence-electron chi connectivity index (χ1n) is 7.41. The molecule has 0 unspecified atom stereocenters. The van der Waals surface area contributed by atoms with Gasteiger partial charge in [0.1, 0.15) is 24.2 Å². The number of ether oxygens (including phenoxy) is 3. The Labute approximate surface area is 134 Å². The molecule has 1 amide bonds. The first kappa shape index (κ1) is 17.1. The van der Waals surface area contributed by atoms with E-state index in [0.29, 0.717) is 31.7 Å². The van der Waals surface area contributed by atoms with Crippen LogP contribution in [0, 0.1) is 0 Å². The molecular weight excluding hydrogens is 302 g/mol. The Bertz CT molecular complexity index is 544. The number of carbonyl (C=O) groups excluding carboxylic acids is 1. The van der Waals surface area contributed by atoms with E-state index in [1.54, 1.807) is 38.4 Å². The second-order valence-electron chi connectivity index (χ2n) is 5.31. The lowest BCUT2D eigenvalue weighted by Crippen LogP contribution is -2.39. The molecule has 0 radical (unpaired) electrons. The van der Waals surface area contributed by atoms with Crippen LogP contribution < -0.4 is 9.47 Å². The van der Waals surface area contributed by atoms with E-state index in [1.807, 2.05) is 0 Å². The molecule has 2 rings (SSSR count). The number of carboxylic acids is 1. The van der Waals surface area contributed by atoms with Crippen molar-refractivity contribution in [2.75, 3.05) is 27.3 Å². The number of aliphatic carboxylic acids is 1. The van der Waals surface area contributed by atoms with E-state index in [0.717, 1.165) is 5.75 Å². The van der Waals surface area contributed by atoms with E-state index < -0.39 is 18.2 Å². The lowest BCUT2D eigenvalue weighted by Gasteiger charge is -2.21. The molecule has 0 aliphatic carbocycles. The Morgan fingerprint density at radius 3 is 2.39 bits per heavy atom. The van der Waals surface area contributed by atoms with E-state index in [9.17, 15) is 9.59 Å². The Morgan fingerprint density at radius 2 is 1.83 bits per heavy atom. The topological polar surface area (TPSA) is 85.3 Å². The smallest absolute Gasteiger partial charge is 0.332 e. The molecule has 23 heavy (non-hydrogen) atoms. The molecule has 0 spiro atoms. The second kappa shape index (κ2) is 7.82. The molecule has 1 saturated heterocycles. The van der Waals surface area contributed by atoms with Crippen LogP contribution in [0.1, 0.15) is 12.8 Å². The number of benzene rings is 1. The number of likely N-dealkylation sites (N-methyl/N-ethyl adjacent to an activating group) is 1. The van der Waals surface area contributed by atoms with Gasteiger partial charge in [0, 0.05) is 7.05 Å². The Kier molecular flexibility index (Phi) is 5.81. The van der Waals surface area contributed by atoms with Crippen LogP contribution >= 0.6 is 0 Å². The minimum absolute atomic E-state index is 0.216. The van der Waals surface area contributed by atoms with Gasteiger partial charge in [-0.25, -0.2) is 4.79 Å². The van der Waals surface area contributed by atoms with Crippen LogP contribution in [-0.2, 0) is 14.3 Å². The highest BCUT2D eigenvalue weighted by Crippen LogP contribution is 2.21. The Morgan fingerprint density at radius 1 is 1.22 bits per heavy atom. The first-order chi connectivity index (χ1) is 11.0. The van der Waals surface area contributed by atoms with Gasteiger partial charge in [-0.15, -0.1) is 0 Å². The van der Waals surface area contributed by atoms with E-state index in [-0.39, 0.29) is 5.91 Å². The summed E-state index contributed by atoms with van der Waals surface area (Å²) < 4.78 is 15.9. The largest absolute Gasteiger partial charge is 0.497 e. The van der Waals surface area contributed by atoms with Crippen LogP contribution in [0.3, 0.4) is 0 Å². The van der Waals surface area contributed by atoms with Gasteiger partial charge in [0.2, 0.25) is 0 Å². The van der Waals surface area contributed by atoms with Crippen molar-refractivity contribution in [2.45, 2.75) is 25.0 Å². The maximum Gasteiger partial charge on any atom is 0.332 e. The highest BCUT2D eigenvalue weighted by Gasteiger charge is 2.35. The van der Waals surface area contributed by atoms with Gasteiger partial charge in [-0.3, -0.25) is 4.79 Å². The normalized spacial score (nSPS) is 20.1. The molecule has 0 bridgehead atoms. The summed E-state index contributed by atoms with van der Waals surface area (Å²) in [6.45, 7) is 0.728. The number of carbonyl (C=O) groups is 2. The molecular formula is C16H21NO6. The van der Waals surface area contributed by atoms with Gasteiger partial charge in [0.15, 0.2) is 6.10 Å².